The number of halogens is 1. The maximum atomic E-state index is 12.4. The number of aromatic nitrogens is 3. The van der Waals surface area contributed by atoms with Gasteiger partial charge in [0.1, 0.15) is 23.2 Å². The average Bonchev–Trinajstić information content (AvgIpc) is 3.40. The van der Waals surface area contributed by atoms with Crippen molar-refractivity contribution in [2.45, 2.75) is 71.6 Å². The quantitative estimate of drug-likeness (QED) is 0.201. The molecule has 194 valence electrons. The highest BCUT2D eigenvalue weighted by molar-refractivity contribution is 6.76. The molecule has 1 saturated heterocycles. The molecule has 1 aliphatic heterocycles. The van der Waals surface area contributed by atoms with Crippen molar-refractivity contribution in [3.05, 3.63) is 47.6 Å². The summed E-state index contributed by atoms with van der Waals surface area (Å²) in [7, 11) is -1.26. The zero-order valence-electron chi connectivity index (χ0n) is 22.1. The molecule has 4 rings (SSSR count). The number of ether oxygens (including phenoxy) is 1. The van der Waals surface area contributed by atoms with Crippen LogP contribution in [0, 0.1) is 5.41 Å². The van der Waals surface area contributed by atoms with Crippen LogP contribution in [0.5, 0.6) is 0 Å². The minimum absolute atomic E-state index is 0.317. The number of pyridine rings is 1. The lowest BCUT2D eigenvalue weighted by atomic mass is 9.71. The Kier molecular flexibility index (Phi) is 7.25. The number of likely N-dealkylation sites (tertiary alicyclic amines) is 1. The molecule has 0 radical (unpaired) electrons. The molecule has 0 aliphatic carbocycles. The molecule has 0 bridgehead atoms. The van der Waals surface area contributed by atoms with E-state index in [1.54, 1.807) is 11.1 Å². The summed E-state index contributed by atoms with van der Waals surface area (Å²) in [5.74, 6) is 0.743. The van der Waals surface area contributed by atoms with Crippen LogP contribution in [0.25, 0.3) is 22.0 Å². The molecule has 0 saturated carbocycles. The van der Waals surface area contributed by atoms with Crippen LogP contribution in [-0.2, 0) is 17.0 Å². The van der Waals surface area contributed by atoms with Gasteiger partial charge in [-0.15, -0.1) is 0 Å². The molecule has 3 aromatic rings. The third-order valence-electron chi connectivity index (χ3n) is 7.28. The number of fused-ring (bicyclic) bond motifs is 1. The van der Waals surface area contributed by atoms with Crippen molar-refractivity contribution >= 4 is 36.5 Å². The number of imidazole rings is 1. The predicted molar refractivity (Wildman–Crippen MR) is 147 cm³/mol. The van der Waals surface area contributed by atoms with Gasteiger partial charge in [0.05, 0.1) is 11.9 Å². The van der Waals surface area contributed by atoms with E-state index in [1.807, 2.05) is 24.4 Å². The van der Waals surface area contributed by atoms with E-state index >= 15 is 0 Å². The molecule has 1 N–H and O–H groups in total. The van der Waals surface area contributed by atoms with Crippen molar-refractivity contribution in [1.82, 2.24) is 19.4 Å². The number of nitrogens with zero attached hydrogens (tertiary/aromatic N) is 4. The Balaban J connectivity index is 1.84. The number of carboxylic acid groups (broad SMARTS) is 1. The van der Waals surface area contributed by atoms with Crippen LogP contribution in [0.15, 0.2) is 36.7 Å². The minimum atomic E-state index is -1.26. The summed E-state index contributed by atoms with van der Waals surface area (Å²) in [5, 5.41) is 12.6. The van der Waals surface area contributed by atoms with E-state index in [9.17, 15) is 9.90 Å². The van der Waals surface area contributed by atoms with Crippen LogP contribution in [0.1, 0.15) is 39.4 Å². The SMILES string of the molecule is CC(C)(C)[C@]1(c2ncc(-c3ccc4cc(Cl)ncc4c3)n2COCC[Si](C)(C)C)CCCN1C(=O)O. The van der Waals surface area contributed by atoms with Crippen molar-refractivity contribution in [1.29, 1.82) is 0 Å². The van der Waals surface area contributed by atoms with Gasteiger partial charge in [0, 0.05) is 38.4 Å². The van der Waals surface area contributed by atoms with Crippen molar-refractivity contribution in [3.63, 3.8) is 0 Å². The smallest absolute Gasteiger partial charge is 0.408 e. The van der Waals surface area contributed by atoms with Crippen LogP contribution < -0.4 is 0 Å². The first-order chi connectivity index (χ1) is 16.8. The normalized spacial score (nSPS) is 18.8. The first-order valence-corrected chi connectivity index (χ1v) is 16.6. The zero-order chi connectivity index (χ0) is 26.3. The molecule has 1 fully saturated rings. The van der Waals surface area contributed by atoms with Gasteiger partial charge < -0.3 is 14.4 Å². The molecule has 7 nitrogen and oxygen atoms in total. The molecule has 2 aromatic heterocycles. The molecular weight excluding hydrogens is 492 g/mol. The maximum absolute atomic E-state index is 12.4. The second-order valence-corrected chi connectivity index (χ2v) is 18.0. The van der Waals surface area contributed by atoms with Crippen molar-refractivity contribution in [2.24, 2.45) is 5.41 Å². The summed E-state index contributed by atoms with van der Waals surface area (Å²) in [6, 6.07) is 9.05. The molecular formula is C27H37ClN4O3Si. The van der Waals surface area contributed by atoms with Gasteiger partial charge in [0.15, 0.2) is 0 Å². The van der Waals surface area contributed by atoms with Gasteiger partial charge in [0.25, 0.3) is 0 Å². The van der Waals surface area contributed by atoms with E-state index in [4.69, 9.17) is 21.3 Å². The first kappa shape index (κ1) is 26.6. The first-order valence-electron chi connectivity index (χ1n) is 12.5. The number of carbonyl (C=O) groups is 1. The number of rotatable bonds is 7. The molecule has 1 amide bonds. The predicted octanol–water partition coefficient (Wildman–Crippen LogP) is 7.08. The number of benzene rings is 1. The van der Waals surface area contributed by atoms with Gasteiger partial charge in [-0.3, -0.25) is 4.90 Å². The molecule has 0 spiro atoms. The van der Waals surface area contributed by atoms with E-state index in [0.29, 0.717) is 31.5 Å². The molecule has 1 aliphatic rings. The molecule has 9 heteroatoms. The minimum Gasteiger partial charge on any atom is -0.465 e. The highest BCUT2D eigenvalue weighted by Gasteiger charge is 2.56. The van der Waals surface area contributed by atoms with Gasteiger partial charge in [-0.05, 0) is 41.8 Å². The number of hydrogen-bond acceptors (Lipinski definition) is 4. The van der Waals surface area contributed by atoms with Gasteiger partial charge in [-0.2, -0.15) is 0 Å². The summed E-state index contributed by atoms with van der Waals surface area (Å²) in [5.41, 5.74) is 0.745. The monoisotopic (exact) mass is 528 g/mol. The Bertz CT molecular complexity index is 1260. The fraction of sp³-hybridized carbons (Fsp3) is 0.519. The largest absolute Gasteiger partial charge is 0.465 e. The number of hydrogen-bond donors (Lipinski definition) is 1. The Morgan fingerprint density at radius 3 is 2.58 bits per heavy atom. The second-order valence-electron chi connectivity index (χ2n) is 12.0. The van der Waals surface area contributed by atoms with E-state index in [1.165, 1.54) is 0 Å². The fourth-order valence-corrected chi connectivity index (χ4v) is 6.22. The standard InChI is InChI=1S/C27H37ClN4O3Si/c1-26(2,3)27(10-7-11-32(27)25(33)34)24-30-17-22(31(24)18-35-12-13-36(4,5)6)20-9-8-19-15-23(28)29-16-21(19)14-20/h8-9,14-17H,7,10-13,18H2,1-6H3,(H,33,34)/t27-/m1/s1. The van der Waals surface area contributed by atoms with Crippen LogP contribution >= 0.6 is 11.6 Å². The van der Waals surface area contributed by atoms with Crippen molar-refractivity contribution < 1.29 is 14.6 Å². The zero-order valence-corrected chi connectivity index (χ0v) is 23.9. The maximum Gasteiger partial charge on any atom is 0.408 e. The van der Waals surface area contributed by atoms with E-state index < -0.39 is 19.7 Å². The lowest BCUT2D eigenvalue weighted by molar-refractivity contribution is 0.00957. The molecule has 0 unspecified atom stereocenters. The number of amides is 1. The van der Waals surface area contributed by atoms with E-state index in [0.717, 1.165) is 40.3 Å². The van der Waals surface area contributed by atoms with Gasteiger partial charge in [-0.1, -0.05) is 64.1 Å². The van der Waals surface area contributed by atoms with Crippen LogP contribution in [0.4, 0.5) is 4.79 Å². The fourth-order valence-electron chi connectivity index (χ4n) is 5.30. The third-order valence-corrected chi connectivity index (χ3v) is 9.19. The third kappa shape index (κ3) is 5.03. The van der Waals surface area contributed by atoms with Gasteiger partial charge >= 0.3 is 6.09 Å². The topological polar surface area (TPSA) is 80.5 Å². The second kappa shape index (κ2) is 9.80. The van der Waals surface area contributed by atoms with Crippen LogP contribution in [-0.4, -0.2) is 51.9 Å². The Morgan fingerprint density at radius 2 is 1.92 bits per heavy atom. The molecule has 1 aromatic carbocycles. The van der Waals surface area contributed by atoms with Crippen molar-refractivity contribution in [3.8, 4) is 11.3 Å². The van der Waals surface area contributed by atoms with Crippen molar-refractivity contribution in [2.75, 3.05) is 13.2 Å². The van der Waals surface area contributed by atoms with Crippen LogP contribution in [0.3, 0.4) is 0 Å². The molecule has 36 heavy (non-hydrogen) atoms. The Morgan fingerprint density at radius 1 is 1.17 bits per heavy atom. The van der Waals surface area contributed by atoms with E-state index in [2.05, 4.69) is 56.0 Å². The summed E-state index contributed by atoms with van der Waals surface area (Å²) in [6.07, 6.45) is 4.23. The highest BCUT2D eigenvalue weighted by Crippen LogP contribution is 2.51. The summed E-state index contributed by atoms with van der Waals surface area (Å²) in [6.45, 7) is 14.8. The van der Waals surface area contributed by atoms with E-state index in [-0.39, 0.29) is 5.41 Å². The lowest BCUT2D eigenvalue weighted by Crippen LogP contribution is -2.54. The highest BCUT2D eigenvalue weighted by atomic mass is 35.5. The van der Waals surface area contributed by atoms with Gasteiger partial charge in [-0.25, -0.2) is 14.8 Å². The average molecular weight is 529 g/mol. The molecule has 3 heterocycles. The van der Waals surface area contributed by atoms with Crippen LogP contribution in [0.2, 0.25) is 30.8 Å². The Hall–Kier alpha value is -2.42. The summed E-state index contributed by atoms with van der Waals surface area (Å²) < 4.78 is 8.32. The summed E-state index contributed by atoms with van der Waals surface area (Å²) >= 11 is 6.09. The molecule has 1 atom stereocenters. The lowest BCUT2D eigenvalue weighted by Gasteiger charge is -2.46. The Labute approximate surface area is 219 Å². The summed E-state index contributed by atoms with van der Waals surface area (Å²) in [4.78, 5) is 23.2. The van der Waals surface area contributed by atoms with Gasteiger partial charge in [0.2, 0.25) is 0 Å².